The summed E-state index contributed by atoms with van der Waals surface area (Å²) in [6.07, 6.45) is -6.79. The number of ether oxygens (including phenoxy) is 5. The van der Waals surface area contributed by atoms with Crippen molar-refractivity contribution < 1.29 is 65.0 Å². The molecule has 0 aromatic heterocycles. The molecule has 0 amide bonds. The molecule has 1 rings (SSSR count). The Hall–Kier alpha value is -1.72. The average Bonchev–Trinajstić information content (AvgIpc) is 2.42. The number of halogens is 1. The maximum atomic E-state index is 11.3. The molecule has 10 nitrogen and oxygen atoms in total. The van der Waals surface area contributed by atoms with Crippen molar-refractivity contribution in [3.05, 3.63) is 0 Å². The van der Waals surface area contributed by atoms with Crippen molar-refractivity contribution >= 4 is 23.9 Å². The summed E-state index contributed by atoms with van der Waals surface area (Å²) in [5.41, 5.74) is 0. The predicted molar refractivity (Wildman–Crippen MR) is 74.2 cm³/mol. The number of aliphatic hydroxyl groups excluding tert-OH is 1. The first-order valence-electron chi connectivity index (χ1n) is 7.10. The van der Waals surface area contributed by atoms with Gasteiger partial charge in [0.05, 0.1) is 0 Å². The minimum Gasteiger partial charge on any atom is -1.00 e. The van der Waals surface area contributed by atoms with Gasteiger partial charge in [0.1, 0.15) is 12.7 Å². The molecule has 1 N–H and O–H groups in total. The van der Waals surface area contributed by atoms with Crippen LogP contribution in [0.1, 0.15) is 27.7 Å². The van der Waals surface area contributed by atoms with Gasteiger partial charge in [-0.2, -0.15) is 0 Å². The maximum absolute atomic E-state index is 11.3. The van der Waals surface area contributed by atoms with Gasteiger partial charge in [0.2, 0.25) is 0 Å². The highest BCUT2D eigenvalue weighted by Crippen LogP contribution is 2.28. The summed E-state index contributed by atoms with van der Waals surface area (Å²) in [6.45, 7) is 4.09. The van der Waals surface area contributed by atoms with E-state index in [4.69, 9.17) is 23.7 Å². The van der Waals surface area contributed by atoms with E-state index in [1.54, 1.807) is 0 Å². The molecule has 0 radical (unpaired) electrons. The lowest BCUT2D eigenvalue weighted by Gasteiger charge is -2.42. The van der Waals surface area contributed by atoms with Crippen LogP contribution in [0, 0.1) is 0 Å². The van der Waals surface area contributed by atoms with Crippen molar-refractivity contribution in [2.24, 2.45) is 0 Å². The standard InChI is InChI=1S/C14H20O10.BrH/c1-6(15)20-5-10-11(21-7(2)16)12(22-8(3)17)13(14(19)24-10)23-9(4)18;/h10-14,19H,5H2,1-4H3;1H/p-1/t10-,11+,12+,13-,14+;/m1./s1. The monoisotopic (exact) mass is 427 g/mol. The van der Waals surface area contributed by atoms with Crippen molar-refractivity contribution in [3.8, 4) is 0 Å². The fraction of sp³-hybridized carbons (Fsp3) is 0.714. The molecule has 1 saturated heterocycles. The molecule has 0 aromatic carbocycles. The van der Waals surface area contributed by atoms with E-state index < -0.39 is 54.6 Å². The minimum atomic E-state index is -1.68. The lowest BCUT2D eigenvalue weighted by molar-refractivity contribution is -0.296. The van der Waals surface area contributed by atoms with Gasteiger partial charge < -0.3 is 45.8 Å². The normalized spacial score (nSPS) is 28.1. The summed E-state index contributed by atoms with van der Waals surface area (Å²) >= 11 is 0. The number of rotatable bonds is 5. The maximum Gasteiger partial charge on any atom is 0.303 e. The van der Waals surface area contributed by atoms with Gasteiger partial charge in [-0.15, -0.1) is 0 Å². The molecule has 11 heteroatoms. The molecule has 1 aliphatic rings. The molecule has 25 heavy (non-hydrogen) atoms. The van der Waals surface area contributed by atoms with Gasteiger partial charge in [-0.3, -0.25) is 19.2 Å². The SMILES string of the molecule is CC(=O)OC[C@H]1O[C@H](O)[C@H](OC(C)=O)[C@@H](OC(C)=O)[C@H]1OC(C)=O.[Br-]. The fourth-order valence-corrected chi connectivity index (χ4v) is 2.21. The third-order valence-corrected chi connectivity index (χ3v) is 2.97. The van der Waals surface area contributed by atoms with Crippen LogP contribution < -0.4 is 17.0 Å². The highest BCUT2D eigenvalue weighted by atomic mass is 79.9. The summed E-state index contributed by atoms with van der Waals surface area (Å²) in [5.74, 6) is -2.87. The van der Waals surface area contributed by atoms with Crippen LogP contribution in [0.25, 0.3) is 0 Å². The molecular weight excluding hydrogens is 408 g/mol. The molecular formula is C14H20BrO10-. The van der Waals surface area contributed by atoms with Gasteiger partial charge in [-0.05, 0) is 0 Å². The second-order valence-corrected chi connectivity index (χ2v) is 5.09. The second kappa shape index (κ2) is 10.3. The van der Waals surface area contributed by atoms with Crippen molar-refractivity contribution in [2.75, 3.05) is 6.61 Å². The third-order valence-electron chi connectivity index (χ3n) is 2.97. The van der Waals surface area contributed by atoms with Gasteiger partial charge in [-0.1, -0.05) is 0 Å². The lowest BCUT2D eigenvalue weighted by Crippen LogP contribution is -3.00. The van der Waals surface area contributed by atoms with Crippen LogP contribution in [0.5, 0.6) is 0 Å². The third kappa shape index (κ3) is 7.36. The molecule has 1 heterocycles. The summed E-state index contributed by atoms with van der Waals surface area (Å²) in [4.78, 5) is 44.9. The zero-order valence-corrected chi connectivity index (χ0v) is 15.7. The number of hydrogen-bond acceptors (Lipinski definition) is 10. The first-order chi connectivity index (χ1) is 11.1. The van der Waals surface area contributed by atoms with Gasteiger partial charge in [0, 0.05) is 27.7 Å². The predicted octanol–water partition coefficient (Wildman–Crippen LogP) is -3.93. The highest BCUT2D eigenvalue weighted by Gasteiger charge is 2.51. The van der Waals surface area contributed by atoms with Crippen LogP contribution >= 0.6 is 0 Å². The molecule has 0 saturated carbocycles. The molecule has 1 aliphatic heterocycles. The van der Waals surface area contributed by atoms with Crippen LogP contribution in [-0.2, 0) is 42.9 Å². The lowest BCUT2D eigenvalue weighted by atomic mass is 9.98. The molecule has 0 bridgehead atoms. The van der Waals surface area contributed by atoms with Crippen LogP contribution in [0.4, 0.5) is 0 Å². The molecule has 1 fully saturated rings. The van der Waals surface area contributed by atoms with E-state index >= 15 is 0 Å². The van der Waals surface area contributed by atoms with Gasteiger partial charge in [0.15, 0.2) is 24.6 Å². The van der Waals surface area contributed by atoms with E-state index in [-0.39, 0.29) is 23.6 Å². The van der Waals surface area contributed by atoms with Gasteiger partial charge in [0.25, 0.3) is 0 Å². The van der Waals surface area contributed by atoms with Crippen LogP contribution in [-0.4, -0.2) is 66.3 Å². The van der Waals surface area contributed by atoms with E-state index in [0.717, 1.165) is 27.7 Å². The molecule has 0 aliphatic carbocycles. The molecule has 5 atom stereocenters. The van der Waals surface area contributed by atoms with Crippen molar-refractivity contribution in [3.63, 3.8) is 0 Å². The van der Waals surface area contributed by atoms with E-state index in [9.17, 15) is 24.3 Å². The minimum absolute atomic E-state index is 0. The van der Waals surface area contributed by atoms with E-state index in [1.807, 2.05) is 0 Å². The summed E-state index contributed by atoms with van der Waals surface area (Å²) in [7, 11) is 0. The average molecular weight is 428 g/mol. The summed E-state index contributed by atoms with van der Waals surface area (Å²) in [5, 5.41) is 10.0. The number of esters is 4. The Balaban J connectivity index is 0.00000576. The largest absolute Gasteiger partial charge is 1.00 e. The smallest absolute Gasteiger partial charge is 0.303 e. The van der Waals surface area contributed by atoms with E-state index in [1.165, 1.54) is 0 Å². The molecule has 0 unspecified atom stereocenters. The Bertz CT molecular complexity index is 508. The Morgan fingerprint density at radius 3 is 1.68 bits per heavy atom. The molecule has 0 aromatic rings. The first-order valence-corrected chi connectivity index (χ1v) is 7.10. The number of carbonyl (C=O) groups is 4. The Morgan fingerprint density at radius 1 is 0.800 bits per heavy atom. The van der Waals surface area contributed by atoms with Crippen molar-refractivity contribution in [2.45, 2.75) is 58.4 Å². The Labute approximate surface area is 154 Å². The van der Waals surface area contributed by atoms with Crippen LogP contribution in [0.3, 0.4) is 0 Å². The molecule has 144 valence electrons. The fourth-order valence-electron chi connectivity index (χ4n) is 2.21. The summed E-state index contributed by atoms with van der Waals surface area (Å²) in [6, 6.07) is 0. The summed E-state index contributed by atoms with van der Waals surface area (Å²) < 4.78 is 25.0. The zero-order chi connectivity index (χ0) is 18.4. The Morgan fingerprint density at radius 2 is 1.24 bits per heavy atom. The van der Waals surface area contributed by atoms with Crippen molar-refractivity contribution in [1.82, 2.24) is 0 Å². The highest BCUT2D eigenvalue weighted by molar-refractivity contribution is 5.68. The number of carbonyl (C=O) groups excluding carboxylic acids is 4. The van der Waals surface area contributed by atoms with Crippen LogP contribution in [0.15, 0.2) is 0 Å². The number of hydrogen-bond donors (Lipinski definition) is 1. The molecule has 0 spiro atoms. The van der Waals surface area contributed by atoms with Crippen LogP contribution in [0.2, 0.25) is 0 Å². The van der Waals surface area contributed by atoms with Gasteiger partial charge >= 0.3 is 23.9 Å². The van der Waals surface area contributed by atoms with Crippen molar-refractivity contribution in [1.29, 1.82) is 0 Å². The Kier molecular flexibility index (Phi) is 9.60. The second-order valence-electron chi connectivity index (χ2n) is 5.09. The van der Waals surface area contributed by atoms with E-state index in [2.05, 4.69) is 0 Å². The number of aliphatic hydroxyl groups is 1. The zero-order valence-electron chi connectivity index (χ0n) is 14.1. The first kappa shape index (κ1) is 23.3. The van der Waals surface area contributed by atoms with Gasteiger partial charge in [-0.25, -0.2) is 0 Å². The topological polar surface area (TPSA) is 135 Å². The quantitative estimate of drug-likeness (QED) is 0.342. The van der Waals surface area contributed by atoms with E-state index in [0.29, 0.717) is 0 Å².